The van der Waals surface area contributed by atoms with Gasteiger partial charge in [0.15, 0.2) is 0 Å². The lowest BCUT2D eigenvalue weighted by atomic mass is 10.1. The molecule has 0 bridgehead atoms. The van der Waals surface area contributed by atoms with E-state index in [0.717, 1.165) is 18.1 Å². The molecule has 0 aromatic heterocycles. The molecule has 1 unspecified atom stereocenters. The van der Waals surface area contributed by atoms with Crippen molar-refractivity contribution in [2.75, 3.05) is 24.3 Å². The first-order chi connectivity index (χ1) is 11.1. The average molecular weight is 357 g/mol. The summed E-state index contributed by atoms with van der Waals surface area (Å²) in [4.78, 5) is 35.7. The molecule has 0 spiro atoms. The molecular weight excluding hydrogens is 342 g/mol. The Morgan fingerprint density at radius 1 is 1.50 bits per heavy atom. The van der Waals surface area contributed by atoms with Crippen LogP contribution in [0.15, 0.2) is 18.2 Å². The molecule has 1 aliphatic heterocycles. The summed E-state index contributed by atoms with van der Waals surface area (Å²) in [5.74, 6) is -2.40. The molecule has 10 nitrogen and oxygen atoms in total. The number of primary sulfonamides is 1. The number of hydrogen-bond donors (Lipinski definition) is 1. The van der Waals surface area contributed by atoms with Gasteiger partial charge in [-0.25, -0.2) is 18.4 Å². The third-order valence-electron chi connectivity index (χ3n) is 3.56. The Hall–Kier alpha value is -2.53. The summed E-state index contributed by atoms with van der Waals surface area (Å²) in [5, 5.41) is 16.2. The molecule has 1 fully saturated rings. The normalized spacial score (nSPS) is 17.8. The minimum atomic E-state index is -3.80. The third-order valence-corrected chi connectivity index (χ3v) is 4.50. The molecule has 24 heavy (non-hydrogen) atoms. The zero-order valence-electron chi connectivity index (χ0n) is 12.7. The number of hydrogen-bond acceptors (Lipinski definition) is 7. The third kappa shape index (κ3) is 3.68. The Morgan fingerprint density at radius 3 is 2.71 bits per heavy atom. The van der Waals surface area contributed by atoms with Gasteiger partial charge in [0.05, 0.1) is 23.3 Å². The highest BCUT2D eigenvalue weighted by Crippen LogP contribution is 2.36. The van der Waals surface area contributed by atoms with Crippen molar-refractivity contribution in [2.24, 2.45) is 11.1 Å². The number of carbonyl (C=O) groups excluding carboxylic acids is 2. The van der Waals surface area contributed by atoms with Crippen LogP contribution in [0, 0.1) is 16.0 Å². The van der Waals surface area contributed by atoms with Crippen molar-refractivity contribution in [1.82, 2.24) is 0 Å². The van der Waals surface area contributed by atoms with E-state index >= 15 is 0 Å². The van der Waals surface area contributed by atoms with Crippen LogP contribution in [0.2, 0.25) is 0 Å². The fourth-order valence-corrected chi connectivity index (χ4v) is 3.56. The molecule has 11 heteroatoms. The number of amides is 1. The van der Waals surface area contributed by atoms with E-state index in [1.807, 2.05) is 0 Å². The number of ether oxygens (including phenoxy) is 1. The highest BCUT2D eigenvalue weighted by molar-refractivity contribution is 7.89. The first kappa shape index (κ1) is 17.8. The van der Waals surface area contributed by atoms with Gasteiger partial charge in [-0.3, -0.25) is 14.9 Å². The maximum atomic E-state index is 12.2. The number of sulfonamides is 1. The van der Waals surface area contributed by atoms with Crippen molar-refractivity contribution in [3.8, 4) is 0 Å². The van der Waals surface area contributed by atoms with E-state index in [4.69, 9.17) is 5.14 Å². The van der Waals surface area contributed by atoms with Gasteiger partial charge in [-0.1, -0.05) is 6.07 Å². The van der Waals surface area contributed by atoms with Crippen LogP contribution in [0.4, 0.5) is 11.4 Å². The maximum absolute atomic E-state index is 12.2. The second-order valence-electron chi connectivity index (χ2n) is 5.33. The molecule has 1 aromatic rings. The number of methoxy groups -OCH3 is 1. The molecule has 1 atom stereocenters. The van der Waals surface area contributed by atoms with Gasteiger partial charge in [0.1, 0.15) is 5.69 Å². The largest absolute Gasteiger partial charge is 0.465 e. The summed E-state index contributed by atoms with van der Waals surface area (Å²) < 4.78 is 27.0. The number of nitrogens with two attached hydrogens (primary N) is 1. The molecule has 2 rings (SSSR count). The van der Waals surface area contributed by atoms with Gasteiger partial charge in [0.2, 0.25) is 15.9 Å². The lowest BCUT2D eigenvalue weighted by Gasteiger charge is -2.19. The van der Waals surface area contributed by atoms with Gasteiger partial charge in [-0.2, -0.15) is 0 Å². The van der Waals surface area contributed by atoms with Crippen LogP contribution in [0.5, 0.6) is 0 Å². The topological polar surface area (TPSA) is 150 Å². The first-order valence-corrected chi connectivity index (χ1v) is 8.52. The molecule has 0 aliphatic carbocycles. The molecular formula is C13H15N3O7S. The van der Waals surface area contributed by atoms with E-state index in [-0.39, 0.29) is 24.2 Å². The number of esters is 1. The highest BCUT2D eigenvalue weighted by Gasteiger charge is 2.38. The maximum Gasteiger partial charge on any atom is 0.340 e. The highest BCUT2D eigenvalue weighted by atomic mass is 32.2. The van der Waals surface area contributed by atoms with Crippen LogP contribution in [-0.4, -0.2) is 44.6 Å². The standard InChI is InChI=1S/C13H15N3O7S/c1-23-13(18)9-3-2-4-10(16(19)20)12(9)15-6-8(5-11(15)17)7-24(14,21)22/h2-4,8H,5-7H2,1H3,(H2,14,21,22). The first-order valence-electron chi connectivity index (χ1n) is 6.80. The minimum absolute atomic E-state index is 0.0931. The quantitative estimate of drug-likeness (QED) is 0.443. The second kappa shape index (κ2) is 6.53. The molecule has 1 aromatic carbocycles. The number of anilines is 1. The van der Waals surface area contributed by atoms with Crippen LogP contribution in [-0.2, 0) is 19.6 Å². The SMILES string of the molecule is COC(=O)c1cccc([N+](=O)[O-])c1N1CC(CS(N)(=O)=O)CC1=O. The summed E-state index contributed by atoms with van der Waals surface area (Å²) in [6.07, 6.45) is -0.136. The van der Waals surface area contributed by atoms with Crippen molar-refractivity contribution >= 4 is 33.3 Å². The van der Waals surface area contributed by atoms with Crippen molar-refractivity contribution < 1.29 is 27.7 Å². The van der Waals surface area contributed by atoms with Crippen molar-refractivity contribution in [3.05, 3.63) is 33.9 Å². The predicted octanol–water partition coefficient (Wildman–Crippen LogP) is 0.0228. The van der Waals surface area contributed by atoms with Crippen LogP contribution >= 0.6 is 0 Å². The number of rotatable bonds is 5. The molecule has 0 saturated carbocycles. The van der Waals surface area contributed by atoms with Crippen molar-refractivity contribution in [3.63, 3.8) is 0 Å². The number of benzene rings is 1. The van der Waals surface area contributed by atoms with Gasteiger partial charge in [0, 0.05) is 24.9 Å². The fraction of sp³-hybridized carbons (Fsp3) is 0.385. The monoisotopic (exact) mass is 357 g/mol. The molecule has 1 amide bonds. The Balaban J connectivity index is 2.49. The summed E-state index contributed by atoms with van der Waals surface area (Å²) in [5.41, 5.74) is -0.782. The number of nitro benzene ring substituents is 1. The Kier molecular flexibility index (Phi) is 4.85. The van der Waals surface area contributed by atoms with Crippen LogP contribution in [0.3, 0.4) is 0 Å². The van der Waals surface area contributed by atoms with Crippen molar-refractivity contribution in [2.45, 2.75) is 6.42 Å². The Morgan fingerprint density at radius 2 is 2.17 bits per heavy atom. The van der Waals surface area contributed by atoms with E-state index < -0.39 is 44.2 Å². The number of nitro groups is 1. The van der Waals surface area contributed by atoms with E-state index in [2.05, 4.69) is 4.74 Å². The Labute approximate surface area is 137 Å². The van der Waals surface area contributed by atoms with Crippen LogP contribution < -0.4 is 10.0 Å². The molecule has 130 valence electrons. The summed E-state index contributed by atoms with van der Waals surface area (Å²) in [7, 11) is -2.69. The Bertz CT molecular complexity index is 806. The zero-order valence-corrected chi connectivity index (χ0v) is 13.5. The van der Waals surface area contributed by atoms with Gasteiger partial charge < -0.3 is 9.64 Å². The minimum Gasteiger partial charge on any atom is -0.465 e. The van der Waals surface area contributed by atoms with Crippen molar-refractivity contribution in [1.29, 1.82) is 0 Å². The second-order valence-corrected chi connectivity index (χ2v) is 6.99. The number of carbonyl (C=O) groups is 2. The number of para-hydroxylation sites is 1. The predicted molar refractivity (Wildman–Crippen MR) is 82.9 cm³/mol. The average Bonchev–Trinajstić information content (AvgIpc) is 2.83. The molecule has 1 saturated heterocycles. The van der Waals surface area contributed by atoms with Crippen LogP contribution in [0.25, 0.3) is 0 Å². The zero-order chi connectivity index (χ0) is 18.1. The molecule has 0 radical (unpaired) electrons. The summed E-state index contributed by atoms with van der Waals surface area (Å²) in [6, 6.07) is 3.76. The smallest absolute Gasteiger partial charge is 0.340 e. The van der Waals surface area contributed by atoms with Gasteiger partial charge >= 0.3 is 5.97 Å². The van der Waals surface area contributed by atoms with Gasteiger partial charge in [-0.15, -0.1) is 0 Å². The lowest BCUT2D eigenvalue weighted by Crippen LogP contribution is -2.29. The summed E-state index contributed by atoms with van der Waals surface area (Å²) >= 11 is 0. The summed E-state index contributed by atoms with van der Waals surface area (Å²) in [6.45, 7) is -0.0931. The molecule has 1 aliphatic rings. The number of nitrogens with zero attached hydrogens (tertiary/aromatic N) is 2. The molecule has 1 heterocycles. The van der Waals surface area contributed by atoms with E-state index in [9.17, 15) is 28.1 Å². The van der Waals surface area contributed by atoms with Gasteiger partial charge in [0.25, 0.3) is 5.69 Å². The molecule has 2 N–H and O–H groups in total. The fourth-order valence-electron chi connectivity index (χ4n) is 2.67. The van der Waals surface area contributed by atoms with E-state index in [1.165, 1.54) is 12.1 Å². The van der Waals surface area contributed by atoms with E-state index in [1.54, 1.807) is 0 Å². The van der Waals surface area contributed by atoms with E-state index in [0.29, 0.717) is 0 Å². The lowest BCUT2D eigenvalue weighted by molar-refractivity contribution is -0.384. The van der Waals surface area contributed by atoms with Gasteiger partial charge in [-0.05, 0) is 6.07 Å². The van der Waals surface area contributed by atoms with Crippen LogP contribution in [0.1, 0.15) is 16.8 Å².